The van der Waals surface area contributed by atoms with Crippen LogP contribution in [0.1, 0.15) is 16.8 Å². The molecule has 0 bridgehead atoms. The number of aryl methyl sites for hydroxylation is 1. The van der Waals surface area contributed by atoms with Crippen molar-refractivity contribution in [1.29, 1.82) is 5.41 Å². The standard InChI is InChI=1S/C17H21ClFN5O3/c1-10-8-11(2-3-12(10)18)9-22-17-23-13(15(19)20)14(16(26)24-17)21-4-6-27-7-5-25/h2-3,8,20-21,25H,4-7,9H2,1H3,(H2,22,23,24,26). The Labute approximate surface area is 160 Å². The minimum absolute atomic E-state index is 0.0482. The number of H-pyrrole nitrogens is 1. The molecule has 0 aliphatic carbocycles. The first-order chi connectivity index (χ1) is 12.9. The summed E-state index contributed by atoms with van der Waals surface area (Å²) in [5.74, 6) is -1.28. The highest BCUT2D eigenvalue weighted by Crippen LogP contribution is 2.17. The van der Waals surface area contributed by atoms with Gasteiger partial charge < -0.3 is 20.5 Å². The predicted octanol–water partition coefficient (Wildman–Crippen LogP) is 2.06. The van der Waals surface area contributed by atoms with Gasteiger partial charge in [0.25, 0.3) is 5.56 Å². The fourth-order valence-corrected chi connectivity index (χ4v) is 2.41. The predicted molar refractivity (Wildman–Crippen MR) is 103 cm³/mol. The zero-order valence-electron chi connectivity index (χ0n) is 14.7. The summed E-state index contributed by atoms with van der Waals surface area (Å²) in [7, 11) is 0. The number of hydrogen-bond donors (Lipinski definition) is 5. The van der Waals surface area contributed by atoms with E-state index in [0.717, 1.165) is 11.1 Å². The second-order valence-corrected chi connectivity index (χ2v) is 6.06. The average Bonchev–Trinajstić information content (AvgIpc) is 2.63. The lowest BCUT2D eigenvalue weighted by molar-refractivity contribution is 0.0992. The van der Waals surface area contributed by atoms with E-state index in [-0.39, 0.29) is 38.0 Å². The second kappa shape index (κ2) is 10.0. The van der Waals surface area contributed by atoms with Crippen molar-refractivity contribution in [2.45, 2.75) is 13.5 Å². The van der Waals surface area contributed by atoms with Gasteiger partial charge in [0.15, 0.2) is 5.69 Å². The number of aliphatic hydroxyl groups excluding tert-OH is 1. The Morgan fingerprint density at radius 1 is 1.41 bits per heavy atom. The Balaban J connectivity index is 2.10. The van der Waals surface area contributed by atoms with E-state index in [2.05, 4.69) is 20.6 Å². The van der Waals surface area contributed by atoms with Crippen molar-refractivity contribution in [1.82, 2.24) is 9.97 Å². The third-order valence-corrected chi connectivity index (χ3v) is 4.02. The summed E-state index contributed by atoms with van der Waals surface area (Å²) < 4.78 is 18.6. The van der Waals surface area contributed by atoms with Crippen molar-refractivity contribution in [2.75, 3.05) is 37.0 Å². The molecule has 146 valence electrons. The number of benzene rings is 1. The monoisotopic (exact) mass is 397 g/mol. The number of hydrogen-bond acceptors (Lipinski definition) is 7. The molecule has 5 N–H and O–H groups in total. The van der Waals surface area contributed by atoms with Crippen LogP contribution in [0, 0.1) is 12.3 Å². The maximum atomic E-state index is 13.6. The van der Waals surface area contributed by atoms with Crippen LogP contribution in [0.25, 0.3) is 0 Å². The van der Waals surface area contributed by atoms with Crippen molar-refractivity contribution < 1.29 is 14.2 Å². The van der Waals surface area contributed by atoms with Crippen LogP contribution in [0.15, 0.2) is 23.0 Å². The third-order valence-electron chi connectivity index (χ3n) is 3.59. The summed E-state index contributed by atoms with van der Waals surface area (Å²) in [6.45, 7) is 2.66. The number of aromatic amines is 1. The molecular formula is C17H21ClFN5O3. The molecular weight excluding hydrogens is 377 g/mol. The molecule has 10 heteroatoms. The van der Waals surface area contributed by atoms with Crippen LogP contribution in [0.3, 0.4) is 0 Å². The van der Waals surface area contributed by atoms with E-state index in [0.29, 0.717) is 11.6 Å². The summed E-state index contributed by atoms with van der Waals surface area (Å²) in [5.41, 5.74) is 0.657. The van der Waals surface area contributed by atoms with Crippen molar-refractivity contribution in [3.8, 4) is 0 Å². The summed E-state index contributed by atoms with van der Waals surface area (Å²) in [6.07, 6.45) is 0. The second-order valence-electron chi connectivity index (χ2n) is 5.65. The van der Waals surface area contributed by atoms with E-state index < -0.39 is 17.2 Å². The number of halogens is 2. The minimum Gasteiger partial charge on any atom is -0.394 e. The van der Waals surface area contributed by atoms with E-state index in [1.54, 1.807) is 6.07 Å². The largest absolute Gasteiger partial charge is 0.394 e. The van der Waals surface area contributed by atoms with E-state index in [9.17, 15) is 9.18 Å². The van der Waals surface area contributed by atoms with E-state index >= 15 is 0 Å². The van der Waals surface area contributed by atoms with Gasteiger partial charge in [-0.2, -0.15) is 4.39 Å². The SMILES string of the molecule is Cc1cc(CNc2nc(C(=N)F)c(NCCOCCO)c(=O)[nH]2)ccc1Cl. The highest BCUT2D eigenvalue weighted by atomic mass is 35.5. The molecule has 1 heterocycles. The Morgan fingerprint density at radius 2 is 2.19 bits per heavy atom. The molecule has 2 rings (SSSR count). The number of anilines is 2. The fourth-order valence-electron chi connectivity index (χ4n) is 2.30. The normalized spacial score (nSPS) is 10.7. The van der Waals surface area contributed by atoms with Gasteiger partial charge in [-0.1, -0.05) is 23.7 Å². The molecule has 0 atom stereocenters. The topological polar surface area (TPSA) is 123 Å². The van der Waals surface area contributed by atoms with Gasteiger partial charge in [-0.25, -0.2) is 4.98 Å². The first kappa shape index (κ1) is 20.8. The van der Waals surface area contributed by atoms with Crippen LogP contribution in [0.5, 0.6) is 0 Å². The number of nitrogens with zero attached hydrogens (tertiary/aromatic N) is 1. The molecule has 0 saturated carbocycles. The Kier molecular flexibility index (Phi) is 7.71. The molecule has 0 spiro atoms. The lowest BCUT2D eigenvalue weighted by atomic mass is 10.1. The van der Waals surface area contributed by atoms with Gasteiger partial charge >= 0.3 is 0 Å². The van der Waals surface area contributed by atoms with E-state index in [1.165, 1.54) is 0 Å². The Morgan fingerprint density at radius 3 is 2.85 bits per heavy atom. The van der Waals surface area contributed by atoms with Gasteiger partial charge in [-0.3, -0.25) is 15.2 Å². The third kappa shape index (κ3) is 6.02. The molecule has 1 aromatic carbocycles. The fraction of sp³-hybridized carbons (Fsp3) is 0.353. The number of rotatable bonds is 10. The maximum absolute atomic E-state index is 13.6. The van der Waals surface area contributed by atoms with Crippen LogP contribution in [0.2, 0.25) is 5.02 Å². The van der Waals surface area contributed by atoms with Crippen LogP contribution in [-0.4, -0.2) is 47.4 Å². The highest BCUT2D eigenvalue weighted by molar-refractivity contribution is 6.31. The number of nitrogens with one attached hydrogen (secondary N) is 4. The number of aromatic nitrogens is 2. The van der Waals surface area contributed by atoms with Gasteiger partial charge in [0.2, 0.25) is 11.9 Å². The first-order valence-electron chi connectivity index (χ1n) is 8.22. The van der Waals surface area contributed by atoms with Gasteiger partial charge in [0, 0.05) is 18.1 Å². The molecule has 2 aromatic rings. The highest BCUT2D eigenvalue weighted by Gasteiger charge is 2.15. The smallest absolute Gasteiger partial charge is 0.276 e. The molecule has 0 radical (unpaired) electrons. The molecule has 8 nitrogen and oxygen atoms in total. The number of aliphatic hydroxyl groups is 1. The molecule has 1 aromatic heterocycles. The molecule has 27 heavy (non-hydrogen) atoms. The lowest BCUT2D eigenvalue weighted by Gasteiger charge is -2.12. The number of ether oxygens (including phenoxy) is 1. The van der Waals surface area contributed by atoms with Crippen molar-refractivity contribution in [3.63, 3.8) is 0 Å². The summed E-state index contributed by atoms with van der Waals surface area (Å²) in [4.78, 5) is 18.7. The van der Waals surface area contributed by atoms with Gasteiger partial charge in [-0.05, 0) is 24.1 Å². The maximum Gasteiger partial charge on any atom is 0.276 e. The van der Waals surface area contributed by atoms with Crippen molar-refractivity contribution >= 4 is 29.2 Å². The molecule has 0 fully saturated rings. The molecule has 0 aliphatic heterocycles. The Hall–Kier alpha value is -2.49. The first-order valence-corrected chi connectivity index (χ1v) is 8.60. The van der Waals surface area contributed by atoms with Gasteiger partial charge in [-0.15, -0.1) is 0 Å². The summed E-state index contributed by atoms with van der Waals surface area (Å²) in [5, 5.41) is 22.1. The molecule has 0 saturated heterocycles. The van der Waals surface area contributed by atoms with Crippen LogP contribution >= 0.6 is 11.6 Å². The van der Waals surface area contributed by atoms with Gasteiger partial charge in [0.1, 0.15) is 5.69 Å². The van der Waals surface area contributed by atoms with E-state index in [1.807, 2.05) is 19.1 Å². The lowest BCUT2D eigenvalue weighted by Crippen LogP contribution is -2.24. The van der Waals surface area contributed by atoms with E-state index in [4.69, 9.17) is 26.9 Å². The van der Waals surface area contributed by atoms with Crippen LogP contribution in [0.4, 0.5) is 16.0 Å². The summed E-state index contributed by atoms with van der Waals surface area (Å²) in [6, 6.07) is 5.47. The molecule has 0 aliphatic rings. The Bertz CT molecular complexity index is 859. The van der Waals surface area contributed by atoms with Crippen molar-refractivity contribution in [2.24, 2.45) is 0 Å². The molecule has 0 amide bonds. The minimum atomic E-state index is -1.33. The quantitative estimate of drug-likeness (QED) is 0.309. The van der Waals surface area contributed by atoms with Crippen molar-refractivity contribution in [3.05, 3.63) is 50.4 Å². The zero-order valence-corrected chi connectivity index (χ0v) is 15.5. The van der Waals surface area contributed by atoms with Gasteiger partial charge in [0.05, 0.1) is 19.8 Å². The zero-order chi connectivity index (χ0) is 19.8. The van der Waals surface area contributed by atoms with Crippen LogP contribution in [-0.2, 0) is 11.3 Å². The molecule has 0 unspecified atom stereocenters. The summed E-state index contributed by atoms with van der Waals surface area (Å²) >= 11 is 5.99. The van der Waals surface area contributed by atoms with Crippen LogP contribution < -0.4 is 16.2 Å². The average molecular weight is 398 g/mol.